The first kappa shape index (κ1) is 14.5. The van der Waals surface area contributed by atoms with E-state index in [0.29, 0.717) is 28.9 Å². The maximum absolute atomic E-state index is 6.05. The van der Waals surface area contributed by atoms with E-state index in [1.807, 2.05) is 36.4 Å². The average molecular weight is 361 g/mol. The Morgan fingerprint density at radius 3 is 2.58 bits per heavy atom. The van der Waals surface area contributed by atoms with Crippen LogP contribution in [-0.2, 0) is 0 Å². The van der Waals surface area contributed by atoms with Crippen molar-refractivity contribution in [2.75, 3.05) is 18.5 Å². The Morgan fingerprint density at radius 2 is 1.84 bits per heavy atom. The Labute approximate surface area is 130 Å². The highest BCUT2D eigenvalue weighted by Crippen LogP contribution is 2.27. The van der Waals surface area contributed by atoms with E-state index in [0.717, 1.165) is 10.2 Å². The maximum Gasteiger partial charge on any atom is 0.138 e. The molecule has 0 amide bonds. The van der Waals surface area contributed by atoms with Gasteiger partial charge in [0, 0.05) is 11.0 Å². The number of nitrogens with one attached hydrogen (secondary N) is 1. The van der Waals surface area contributed by atoms with E-state index in [2.05, 4.69) is 21.2 Å². The molecule has 0 aromatic heterocycles. The molecular formula is C14H12BrCl2NO. The quantitative estimate of drug-likeness (QED) is 0.735. The van der Waals surface area contributed by atoms with Gasteiger partial charge in [-0.1, -0.05) is 51.3 Å². The second-order valence-electron chi connectivity index (χ2n) is 3.83. The van der Waals surface area contributed by atoms with E-state index in [9.17, 15) is 0 Å². The molecule has 2 rings (SSSR count). The van der Waals surface area contributed by atoms with Crippen molar-refractivity contribution < 1.29 is 4.74 Å². The summed E-state index contributed by atoms with van der Waals surface area (Å²) in [4.78, 5) is 0. The van der Waals surface area contributed by atoms with Crippen molar-refractivity contribution in [3.05, 3.63) is 57.0 Å². The van der Waals surface area contributed by atoms with Gasteiger partial charge in [0.1, 0.15) is 12.4 Å². The molecule has 0 aliphatic carbocycles. The first-order valence-electron chi connectivity index (χ1n) is 5.73. The highest BCUT2D eigenvalue weighted by atomic mass is 79.9. The van der Waals surface area contributed by atoms with E-state index in [1.165, 1.54) is 0 Å². The summed E-state index contributed by atoms with van der Waals surface area (Å²) in [6, 6.07) is 13.1. The van der Waals surface area contributed by atoms with Crippen molar-refractivity contribution in [2.24, 2.45) is 0 Å². The van der Waals surface area contributed by atoms with Crippen molar-refractivity contribution in [3.8, 4) is 5.75 Å². The number of halogens is 3. The third-order valence-corrected chi connectivity index (χ3v) is 3.56. The van der Waals surface area contributed by atoms with Crippen molar-refractivity contribution in [1.29, 1.82) is 0 Å². The Bertz CT molecular complexity index is 563. The molecule has 2 aromatic carbocycles. The van der Waals surface area contributed by atoms with Crippen LogP contribution in [0.5, 0.6) is 5.75 Å². The molecular weight excluding hydrogens is 349 g/mol. The van der Waals surface area contributed by atoms with Gasteiger partial charge in [0.05, 0.1) is 15.7 Å². The SMILES string of the molecule is Clc1ccccc1NCCOc1ccc(Br)cc1Cl. The van der Waals surface area contributed by atoms with Crippen LogP contribution in [0.1, 0.15) is 0 Å². The summed E-state index contributed by atoms with van der Waals surface area (Å²) < 4.78 is 6.52. The fourth-order valence-electron chi connectivity index (χ4n) is 1.54. The van der Waals surface area contributed by atoms with Gasteiger partial charge in [-0.25, -0.2) is 0 Å². The van der Waals surface area contributed by atoms with Crippen LogP contribution in [0.15, 0.2) is 46.9 Å². The molecule has 1 N–H and O–H groups in total. The topological polar surface area (TPSA) is 21.3 Å². The monoisotopic (exact) mass is 359 g/mol. The Hall–Kier alpha value is -0.900. The summed E-state index contributed by atoms with van der Waals surface area (Å²) in [5, 5.41) is 4.49. The molecule has 0 spiro atoms. The Kier molecular flexibility index (Phi) is 5.37. The minimum absolute atomic E-state index is 0.507. The summed E-state index contributed by atoms with van der Waals surface area (Å²) in [6.45, 7) is 1.16. The number of hydrogen-bond acceptors (Lipinski definition) is 2. The Balaban J connectivity index is 1.83. The van der Waals surface area contributed by atoms with Gasteiger partial charge < -0.3 is 10.1 Å². The minimum Gasteiger partial charge on any atom is -0.490 e. The van der Waals surface area contributed by atoms with Crippen molar-refractivity contribution in [3.63, 3.8) is 0 Å². The zero-order chi connectivity index (χ0) is 13.7. The third-order valence-electron chi connectivity index (χ3n) is 2.44. The standard InChI is InChI=1S/C14H12BrCl2NO/c15-10-5-6-14(12(17)9-10)19-8-7-18-13-4-2-1-3-11(13)16/h1-6,9,18H,7-8H2. The molecule has 0 radical (unpaired) electrons. The molecule has 0 unspecified atom stereocenters. The molecule has 0 saturated carbocycles. The molecule has 2 aromatic rings. The summed E-state index contributed by atoms with van der Waals surface area (Å²) in [7, 11) is 0. The number of para-hydroxylation sites is 1. The maximum atomic E-state index is 6.05. The largest absolute Gasteiger partial charge is 0.490 e. The molecule has 100 valence electrons. The smallest absolute Gasteiger partial charge is 0.138 e. The summed E-state index contributed by atoms with van der Waals surface area (Å²) in [5.41, 5.74) is 0.898. The van der Waals surface area contributed by atoms with E-state index < -0.39 is 0 Å². The molecule has 0 bridgehead atoms. The number of ether oxygens (including phenoxy) is 1. The summed E-state index contributed by atoms with van der Waals surface area (Å²) in [6.07, 6.45) is 0. The number of rotatable bonds is 5. The minimum atomic E-state index is 0.507. The van der Waals surface area contributed by atoms with Crippen LogP contribution in [0.2, 0.25) is 10.0 Å². The summed E-state index contributed by atoms with van der Waals surface area (Å²) >= 11 is 15.4. The predicted molar refractivity (Wildman–Crippen MR) is 84.6 cm³/mol. The van der Waals surface area contributed by atoms with Gasteiger partial charge in [-0.3, -0.25) is 0 Å². The number of hydrogen-bond donors (Lipinski definition) is 1. The van der Waals surface area contributed by atoms with Gasteiger partial charge in [-0.2, -0.15) is 0 Å². The lowest BCUT2D eigenvalue weighted by molar-refractivity contribution is 0.333. The fourth-order valence-corrected chi connectivity index (χ4v) is 2.47. The lowest BCUT2D eigenvalue weighted by atomic mass is 10.3. The van der Waals surface area contributed by atoms with Crippen LogP contribution >= 0.6 is 39.1 Å². The lowest BCUT2D eigenvalue weighted by Crippen LogP contribution is -2.11. The molecule has 0 atom stereocenters. The van der Waals surface area contributed by atoms with E-state index >= 15 is 0 Å². The van der Waals surface area contributed by atoms with Gasteiger partial charge in [-0.15, -0.1) is 0 Å². The second-order valence-corrected chi connectivity index (χ2v) is 5.56. The van der Waals surface area contributed by atoms with E-state index in [1.54, 1.807) is 6.07 Å². The van der Waals surface area contributed by atoms with Crippen molar-refractivity contribution in [2.45, 2.75) is 0 Å². The third kappa shape index (κ3) is 4.30. The molecule has 2 nitrogen and oxygen atoms in total. The van der Waals surface area contributed by atoms with Crippen molar-refractivity contribution in [1.82, 2.24) is 0 Å². The molecule has 0 aliphatic heterocycles. The summed E-state index contributed by atoms with van der Waals surface area (Å²) in [5.74, 6) is 0.672. The van der Waals surface area contributed by atoms with Gasteiger partial charge >= 0.3 is 0 Å². The van der Waals surface area contributed by atoms with Crippen LogP contribution < -0.4 is 10.1 Å². The second kappa shape index (κ2) is 7.04. The highest BCUT2D eigenvalue weighted by molar-refractivity contribution is 9.10. The number of anilines is 1. The van der Waals surface area contributed by atoms with Crippen molar-refractivity contribution >= 4 is 44.8 Å². The molecule has 19 heavy (non-hydrogen) atoms. The molecule has 0 fully saturated rings. The fraction of sp³-hybridized carbons (Fsp3) is 0.143. The average Bonchev–Trinajstić information content (AvgIpc) is 2.38. The molecule has 0 saturated heterocycles. The van der Waals surface area contributed by atoms with Gasteiger partial charge in [0.15, 0.2) is 0 Å². The lowest BCUT2D eigenvalue weighted by Gasteiger charge is -2.10. The Morgan fingerprint density at radius 1 is 1.05 bits per heavy atom. The van der Waals surface area contributed by atoms with Gasteiger partial charge in [-0.05, 0) is 30.3 Å². The zero-order valence-corrected chi connectivity index (χ0v) is 13.1. The first-order valence-corrected chi connectivity index (χ1v) is 7.28. The first-order chi connectivity index (χ1) is 9.16. The highest BCUT2D eigenvalue weighted by Gasteiger charge is 2.02. The predicted octanol–water partition coefficient (Wildman–Crippen LogP) is 5.25. The molecule has 5 heteroatoms. The van der Waals surface area contributed by atoms with E-state index in [-0.39, 0.29) is 0 Å². The number of benzene rings is 2. The van der Waals surface area contributed by atoms with Crippen LogP contribution in [0, 0.1) is 0 Å². The van der Waals surface area contributed by atoms with E-state index in [4.69, 9.17) is 27.9 Å². The molecule has 0 aliphatic rings. The van der Waals surface area contributed by atoms with Crippen LogP contribution in [0.4, 0.5) is 5.69 Å². The normalized spacial score (nSPS) is 10.3. The van der Waals surface area contributed by atoms with Crippen LogP contribution in [0.3, 0.4) is 0 Å². The zero-order valence-electron chi connectivity index (χ0n) is 10.00. The van der Waals surface area contributed by atoms with Gasteiger partial charge in [0.25, 0.3) is 0 Å². The van der Waals surface area contributed by atoms with Crippen LogP contribution in [-0.4, -0.2) is 13.2 Å². The van der Waals surface area contributed by atoms with Gasteiger partial charge in [0.2, 0.25) is 0 Å². The van der Waals surface area contributed by atoms with Crippen LogP contribution in [0.25, 0.3) is 0 Å². The molecule has 0 heterocycles.